The molecular weight excluding hydrogens is 390 g/mol. The fourth-order valence-corrected chi connectivity index (χ4v) is 3.12. The Morgan fingerprint density at radius 1 is 1.50 bits per heavy atom. The van der Waals surface area contributed by atoms with Gasteiger partial charge in [0.25, 0.3) is 0 Å². The van der Waals surface area contributed by atoms with Crippen LogP contribution >= 0.6 is 11.3 Å². The Hall–Kier alpha value is -3.41. The predicted molar refractivity (Wildman–Crippen MR) is 104 cm³/mol. The number of H-pyrrole nitrogens is 1. The molecule has 0 spiro atoms. The molecule has 0 aliphatic rings. The number of carbonyl (C=O) groups excluding carboxylic acids is 1. The summed E-state index contributed by atoms with van der Waals surface area (Å²) < 4.78 is 28.8. The molecule has 0 saturated heterocycles. The van der Waals surface area contributed by atoms with Gasteiger partial charge in [0.1, 0.15) is 11.5 Å². The molecule has 148 valence electrons. The number of amides is 1. The topological polar surface area (TPSA) is 156 Å². The monoisotopic (exact) mass is 408 g/mol. The zero-order chi connectivity index (χ0) is 20.7. The van der Waals surface area contributed by atoms with E-state index in [9.17, 15) is 13.6 Å². The molecule has 0 unspecified atom stereocenters. The van der Waals surface area contributed by atoms with E-state index in [0.29, 0.717) is 17.0 Å². The highest BCUT2D eigenvalue weighted by Gasteiger charge is 2.40. The Labute approximate surface area is 162 Å². The summed E-state index contributed by atoms with van der Waals surface area (Å²) in [5.41, 5.74) is 4.76. The molecule has 0 aliphatic heterocycles. The third kappa shape index (κ3) is 4.65. The maximum atomic E-state index is 14.4. The first-order chi connectivity index (χ1) is 13.3. The number of allylic oxidation sites excluding steroid dienone is 2. The van der Waals surface area contributed by atoms with Crippen LogP contribution in [0.1, 0.15) is 15.6 Å². The zero-order valence-electron chi connectivity index (χ0n) is 14.7. The van der Waals surface area contributed by atoms with Crippen molar-refractivity contribution in [1.29, 1.82) is 10.8 Å². The van der Waals surface area contributed by atoms with Crippen LogP contribution in [0.5, 0.6) is 0 Å². The molecule has 0 fully saturated rings. The van der Waals surface area contributed by atoms with E-state index >= 15 is 0 Å². The summed E-state index contributed by atoms with van der Waals surface area (Å²) in [6.45, 7) is 0.164. The highest BCUT2D eigenvalue weighted by atomic mass is 32.1. The molecule has 0 aliphatic carbocycles. The van der Waals surface area contributed by atoms with Gasteiger partial charge in [0.15, 0.2) is 5.01 Å². The molecular formula is C16H18F2N8OS. The third-order valence-electron chi connectivity index (χ3n) is 3.44. The van der Waals surface area contributed by atoms with Crippen LogP contribution in [0.25, 0.3) is 5.57 Å². The molecule has 0 atom stereocenters. The van der Waals surface area contributed by atoms with Crippen molar-refractivity contribution in [3.05, 3.63) is 46.2 Å². The predicted octanol–water partition coefficient (Wildman–Crippen LogP) is 1.84. The van der Waals surface area contributed by atoms with Gasteiger partial charge in [-0.25, -0.2) is 4.98 Å². The van der Waals surface area contributed by atoms with Crippen molar-refractivity contribution in [2.24, 2.45) is 5.73 Å². The van der Waals surface area contributed by atoms with Gasteiger partial charge in [-0.15, -0.1) is 11.3 Å². The van der Waals surface area contributed by atoms with Crippen LogP contribution in [-0.2, 0) is 17.3 Å². The lowest BCUT2D eigenvalue weighted by Gasteiger charge is -2.11. The lowest BCUT2D eigenvalue weighted by molar-refractivity contribution is -0.116. The van der Waals surface area contributed by atoms with E-state index in [-0.39, 0.29) is 22.8 Å². The molecule has 12 heteroatoms. The summed E-state index contributed by atoms with van der Waals surface area (Å²) in [6.07, 6.45) is 5.21. The van der Waals surface area contributed by atoms with Gasteiger partial charge in [-0.2, -0.15) is 13.9 Å². The van der Waals surface area contributed by atoms with Gasteiger partial charge in [0.2, 0.25) is 5.91 Å². The first-order valence-electron chi connectivity index (χ1n) is 7.86. The number of hydrogen-bond donors (Lipinski definition) is 6. The van der Waals surface area contributed by atoms with Gasteiger partial charge in [-0.05, 0) is 18.3 Å². The van der Waals surface area contributed by atoms with Crippen LogP contribution < -0.4 is 16.4 Å². The first kappa shape index (κ1) is 20.9. The van der Waals surface area contributed by atoms with Crippen molar-refractivity contribution < 1.29 is 13.6 Å². The van der Waals surface area contributed by atoms with Crippen molar-refractivity contribution in [3.63, 3.8) is 0 Å². The molecule has 0 bridgehead atoms. The second-order valence-electron chi connectivity index (χ2n) is 5.32. The minimum absolute atomic E-state index is 0.0686. The number of aromatic amines is 1. The fourth-order valence-electron chi connectivity index (χ4n) is 2.07. The van der Waals surface area contributed by atoms with Gasteiger partial charge in [-0.1, -0.05) is 0 Å². The van der Waals surface area contributed by atoms with E-state index in [1.165, 1.54) is 7.05 Å². The Bertz CT molecular complexity index is 917. The van der Waals surface area contributed by atoms with Crippen molar-refractivity contribution in [2.75, 3.05) is 12.4 Å². The summed E-state index contributed by atoms with van der Waals surface area (Å²) in [7, 11) is 1.48. The van der Waals surface area contributed by atoms with Gasteiger partial charge < -0.3 is 21.8 Å². The first-order valence-corrected chi connectivity index (χ1v) is 8.68. The minimum Gasteiger partial charge on any atom is -0.405 e. The molecule has 0 aromatic carbocycles. The Morgan fingerprint density at radius 3 is 2.82 bits per heavy atom. The van der Waals surface area contributed by atoms with E-state index in [0.717, 1.165) is 24.6 Å². The molecule has 2 heterocycles. The largest absolute Gasteiger partial charge is 0.405 e. The highest BCUT2D eigenvalue weighted by molar-refractivity contribution is 7.14. The number of thiazole rings is 1. The van der Waals surface area contributed by atoms with E-state index in [4.69, 9.17) is 16.6 Å². The third-order valence-corrected chi connectivity index (χ3v) is 4.61. The number of hydrogen-bond acceptors (Lipinski definition) is 8. The summed E-state index contributed by atoms with van der Waals surface area (Å²) in [5.74, 6) is -4.12. The SMILES string of the molecule is CNc1nc(C(F)(F)C(=N)/C=C\N)sc1/C(C=N)=C/C(=O)NCc1cc[nH]n1. The zero-order valence-corrected chi connectivity index (χ0v) is 15.5. The summed E-state index contributed by atoms with van der Waals surface area (Å²) >= 11 is 0.580. The average Bonchev–Trinajstić information content (AvgIpc) is 3.34. The normalized spacial score (nSPS) is 12.2. The number of nitrogens with two attached hydrogens (primary N) is 1. The van der Waals surface area contributed by atoms with E-state index in [1.807, 2.05) is 0 Å². The average molecular weight is 408 g/mol. The van der Waals surface area contributed by atoms with E-state index < -0.39 is 22.5 Å². The van der Waals surface area contributed by atoms with Gasteiger partial charge >= 0.3 is 5.92 Å². The molecule has 2 aromatic rings. The van der Waals surface area contributed by atoms with Crippen molar-refractivity contribution in [1.82, 2.24) is 20.5 Å². The Balaban J connectivity index is 2.30. The number of carbonyl (C=O) groups is 1. The fraction of sp³-hybridized carbons (Fsp3) is 0.188. The van der Waals surface area contributed by atoms with E-state index in [1.54, 1.807) is 12.3 Å². The molecule has 0 saturated carbocycles. The van der Waals surface area contributed by atoms with E-state index in [2.05, 4.69) is 25.8 Å². The van der Waals surface area contributed by atoms with Crippen LogP contribution in [0, 0.1) is 10.8 Å². The molecule has 9 nitrogen and oxygen atoms in total. The molecule has 7 N–H and O–H groups in total. The van der Waals surface area contributed by atoms with Crippen LogP contribution in [0.2, 0.25) is 0 Å². The van der Waals surface area contributed by atoms with Gasteiger partial charge in [0.05, 0.1) is 17.1 Å². The number of aromatic nitrogens is 3. The lowest BCUT2D eigenvalue weighted by atomic mass is 10.2. The summed E-state index contributed by atoms with van der Waals surface area (Å²) in [5, 5.41) is 26.1. The number of anilines is 1. The number of halogens is 2. The van der Waals surface area contributed by atoms with Crippen LogP contribution in [0.15, 0.2) is 30.6 Å². The van der Waals surface area contributed by atoms with Gasteiger partial charge in [-0.3, -0.25) is 15.3 Å². The molecule has 2 rings (SSSR count). The molecule has 0 radical (unpaired) electrons. The van der Waals surface area contributed by atoms with Crippen LogP contribution in [-0.4, -0.2) is 40.1 Å². The van der Waals surface area contributed by atoms with Crippen LogP contribution in [0.4, 0.5) is 14.6 Å². The maximum absolute atomic E-state index is 14.4. The summed E-state index contributed by atoms with van der Waals surface area (Å²) in [4.78, 5) is 16.1. The molecule has 1 amide bonds. The number of nitrogens with zero attached hydrogens (tertiary/aromatic N) is 2. The quantitative estimate of drug-likeness (QED) is 0.276. The molecule has 28 heavy (non-hydrogen) atoms. The number of alkyl halides is 2. The Kier molecular flexibility index (Phi) is 6.71. The number of nitrogens with one attached hydrogen (secondary N) is 5. The standard InChI is InChI=1S/C16H18F2N8OS/c1-22-14-13(28-15(25-14)16(17,18)11(21)2-4-19)9(7-20)6-12(27)23-8-10-3-5-24-26-10/h2-7,20-22H,8,19H2,1H3,(H,23,27)(H,24,26)/b4-2-,9-6+,20-7?,21-11?. The number of rotatable bonds is 9. The summed E-state index contributed by atoms with van der Waals surface area (Å²) in [6, 6.07) is 1.68. The minimum atomic E-state index is -3.67. The second kappa shape index (κ2) is 8.99. The highest BCUT2D eigenvalue weighted by Crippen LogP contribution is 2.38. The lowest BCUT2D eigenvalue weighted by Crippen LogP contribution is -2.23. The van der Waals surface area contributed by atoms with Crippen molar-refractivity contribution >= 4 is 40.6 Å². The van der Waals surface area contributed by atoms with Crippen molar-refractivity contribution in [2.45, 2.75) is 12.5 Å². The van der Waals surface area contributed by atoms with Crippen molar-refractivity contribution in [3.8, 4) is 0 Å². The van der Waals surface area contributed by atoms with Gasteiger partial charge in [0, 0.05) is 31.1 Å². The maximum Gasteiger partial charge on any atom is 0.339 e. The van der Waals surface area contributed by atoms with Crippen LogP contribution in [0.3, 0.4) is 0 Å². The molecule has 2 aromatic heterocycles. The second-order valence-corrected chi connectivity index (χ2v) is 6.32. The smallest absolute Gasteiger partial charge is 0.339 e. The Morgan fingerprint density at radius 2 is 2.25 bits per heavy atom.